The van der Waals surface area contributed by atoms with E-state index in [1.807, 2.05) is 30.3 Å². The van der Waals surface area contributed by atoms with E-state index in [1.54, 1.807) is 0 Å². The molecule has 0 bridgehead atoms. The van der Waals surface area contributed by atoms with Crippen LogP contribution in [0.25, 0.3) is 0 Å². The number of carbonyl (C=O) groups is 1. The van der Waals surface area contributed by atoms with Crippen LogP contribution in [0.3, 0.4) is 0 Å². The number of hydrogen-bond acceptors (Lipinski definition) is 2. The summed E-state index contributed by atoms with van der Waals surface area (Å²) in [6.45, 7) is 13.2. The molecule has 1 saturated heterocycles. The first-order chi connectivity index (χ1) is 10.1. The summed E-state index contributed by atoms with van der Waals surface area (Å²) < 4.78 is 0. The molecule has 120 valence electrons. The number of amides is 1. The monoisotopic (exact) mass is 301 g/mol. The normalized spacial score (nSPS) is 21.4. The molecular weight excluding hydrogens is 274 g/mol. The first-order valence-corrected chi connectivity index (χ1v) is 7.79. The molecule has 0 aliphatic carbocycles. The van der Waals surface area contributed by atoms with Crippen molar-refractivity contribution >= 4 is 11.9 Å². The lowest BCUT2D eigenvalue weighted by Crippen LogP contribution is -2.53. The quantitative estimate of drug-likeness (QED) is 0.912. The fourth-order valence-corrected chi connectivity index (χ4v) is 2.83. The molecule has 1 aliphatic heterocycles. The molecule has 0 saturated carbocycles. The van der Waals surface area contributed by atoms with Gasteiger partial charge in [0.05, 0.1) is 6.54 Å². The number of aliphatic imine (C=N–C) groups is 1. The first-order valence-electron chi connectivity index (χ1n) is 7.79. The summed E-state index contributed by atoms with van der Waals surface area (Å²) in [5.74, 6) is 0.718. The second-order valence-electron chi connectivity index (χ2n) is 7.92. The third kappa shape index (κ3) is 3.49. The second-order valence-corrected chi connectivity index (χ2v) is 7.92. The van der Waals surface area contributed by atoms with Gasteiger partial charge >= 0.3 is 0 Å². The molecule has 1 atom stereocenters. The van der Waals surface area contributed by atoms with Crippen molar-refractivity contribution < 1.29 is 4.79 Å². The van der Waals surface area contributed by atoms with Gasteiger partial charge < -0.3 is 4.90 Å². The molecule has 1 aliphatic rings. The van der Waals surface area contributed by atoms with E-state index >= 15 is 0 Å². The van der Waals surface area contributed by atoms with Gasteiger partial charge in [-0.15, -0.1) is 0 Å². The molecule has 4 nitrogen and oxygen atoms in total. The van der Waals surface area contributed by atoms with Crippen molar-refractivity contribution in [2.45, 2.75) is 59.7 Å². The smallest absolute Gasteiger partial charge is 0.250 e. The van der Waals surface area contributed by atoms with Crippen LogP contribution in [0.2, 0.25) is 0 Å². The van der Waals surface area contributed by atoms with Gasteiger partial charge in [-0.3, -0.25) is 10.1 Å². The Bertz CT molecular complexity index is 564. The Morgan fingerprint density at radius 3 is 2.18 bits per heavy atom. The summed E-state index contributed by atoms with van der Waals surface area (Å²) in [5.41, 5.74) is 0.811. The third-order valence-electron chi connectivity index (χ3n) is 3.77. The van der Waals surface area contributed by atoms with E-state index in [1.165, 1.54) is 0 Å². The maximum Gasteiger partial charge on any atom is 0.250 e. The van der Waals surface area contributed by atoms with Gasteiger partial charge in [-0.25, -0.2) is 4.99 Å². The van der Waals surface area contributed by atoms with Crippen LogP contribution < -0.4 is 5.32 Å². The molecule has 1 N–H and O–H groups in total. The molecule has 0 spiro atoms. The Hall–Kier alpha value is -1.84. The molecule has 0 radical (unpaired) electrons. The Morgan fingerprint density at radius 1 is 1.09 bits per heavy atom. The highest BCUT2D eigenvalue weighted by molar-refractivity contribution is 6.07. The van der Waals surface area contributed by atoms with Gasteiger partial charge in [-0.1, -0.05) is 51.1 Å². The molecule has 22 heavy (non-hydrogen) atoms. The van der Waals surface area contributed by atoms with Crippen LogP contribution in [0.15, 0.2) is 35.3 Å². The van der Waals surface area contributed by atoms with Crippen LogP contribution in [0.4, 0.5) is 0 Å². The molecule has 1 aromatic rings. The minimum Gasteiger partial charge on any atom is -0.325 e. The Labute approximate surface area is 133 Å². The SMILES string of the molecule is CC(C)(C)C1C(=O)NC(=NCc2ccccc2)N1C(C)(C)C. The lowest BCUT2D eigenvalue weighted by Gasteiger charge is -2.41. The van der Waals surface area contributed by atoms with Crippen LogP contribution >= 0.6 is 0 Å². The molecule has 1 unspecified atom stereocenters. The van der Waals surface area contributed by atoms with E-state index in [-0.39, 0.29) is 22.9 Å². The lowest BCUT2D eigenvalue weighted by atomic mass is 9.84. The van der Waals surface area contributed by atoms with Gasteiger partial charge in [0.2, 0.25) is 11.9 Å². The highest BCUT2D eigenvalue weighted by atomic mass is 16.2. The van der Waals surface area contributed by atoms with Gasteiger partial charge in [-0.05, 0) is 31.7 Å². The number of nitrogens with zero attached hydrogens (tertiary/aromatic N) is 2. The van der Waals surface area contributed by atoms with Crippen LogP contribution in [0, 0.1) is 5.41 Å². The standard InChI is InChI=1S/C18H27N3O/c1-17(2,3)14-15(22)20-16(21(14)18(4,5)6)19-12-13-10-8-7-9-11-13/h7-11,14H,12H2,1-6H3,(H,19,20,22). The maximum atomic E-state index is 12.5. The van der Waals surface area contributed by atoms with E-state index in [9.17, 15) is 4.79 Å². The highest BCUT2D eigenvalue weighted by Crippen LogP contribution is 2.33. The van der Waals surface area contributed by atoms with Crippen LogP contribution in [-0.4, -0.2) is 28.3 Å². The van der Waals surface area contributed by atoms with Gasteiger partial charge in [0.25, 0.3) is 0 Å². The van der Waals surface area contributed by atoms with Crippen molar-refractivity contribution in [3.63, 3.8) is 0 Å². The highest BCUT2D eigenvalue weighted by Gasteiger charge is 2.48. The van der Waals surface area contributed by atoms with Crippen LogP contribution in [0.5, 0.6) is 0 Å². The van der Waals surface area contributed by atoms with Crippen molar-refractivity contribution in [2.24, 2.45) is 10.4 Å². The predicted octanol–water partition coefficient (Wildman–Crippen LogP) is 3.19. The molecule has 2 rings (SSSR count). The summed E-state index contributed by atoms with van der Waals surface area (Å²) in [6, 6.07) is 9.88. The number of benzene rings is 1. The van der Waals surface area contributed by atoms with Crippen molar-refractivity contribution in [2.75, 3.05) is 0 Å². The molecule has 1 amide bonds. The van der Waals surface area contributed by atoms with Gasteiger partial charge in [0, 0.05) is 5.54 Å². The number of carbonyl (C=O) groups excluding carboxylic acids is 1. The van der Waals surface area contributed by atoms with Gasteiger partial charge in [0.1, 0.15) is 6.04 Å². The molecule has 1 fully saturated rings. The zero-order valence-corrected chi connectivity index (χ0v) is 14.5. The number of hydrogen-bond donors (Lipinski definition) is 1. The second kappa shape index (κ2) is 5.75. The number of guanidine groups is 1. The predicted molar refractivity (Wildman–Crippen MR) is 90.6 cm³/mol. The molecule has 1 aromatic carbocycles. The molecule has 4 heteroatoms. The van der Waals surface area contributed by atoms with Crippen molar-refractivity contribution in [3.05, 3.63) is 35.9 Å². The van der Waals surface area contributed by atoms with Crippen molar-refractivity contribution in [1.82, 2.24) is 10.2 Å². The van der Waals surface area contributed by atoms with E-state index in [2.05, 4.69) is 56.8 Å². The Morgan fingerprint density at radius 2 is 1.68 bits per heavy atom. The zero-order valence-electron chi connectivity index (χ0n) is 14.5. The fraction of sp³-hybridized carbons (Fsp3) is 0.556. The van der Waals surface area contributed by atoms with Crippen LogP contribution in [-0.2, 0) is 11.3 Å². The average molecular weight is 301 g/mol. The summed E-state index contributed by atoms with van der Waals surface area (Å²) >= 11 is 0. The first kappa shape index (κ1) is 16.5. The third-order valence-corrected chi connectivity index (χ3v) is 3.77. The van der Waals surface area contributed by atoms with E-state index in [0.717, 1.165) is 5.56 Å². The summed E-state index contributed by atoms with van der Waals surface area (Å²) in [6.07, 6.45) is 0. The van der Waals surface area contributed by atoms with E-state index in [4.69, 9.17) is 0 Å². The van der Waals surface area contributed by atoms with Crippen molar-refractivity contribution in [3.8, 4) is 0 Å². The summed E-state index contributed by atoms with van der Waals surface area (Å²) in [5, 5.41) is 2.97. The lowest BCUT2D eigenvalue weighted by molar-refractivity contribution is -0.125. The van der Waals surface area contributed by atoms with Gasteiger partial charge in [0.15, 0.2) is 0 Å². The zero-order chi connectivity index (χ0) is 16.5. The van der Waals surface area contributed by atoms with Crippen LogP contribution in [0.1, 0.15) is 47.1 Å². The van der Waals surface area contributed by atoms with E-state index in [0.29, 0.717) is 12.5 Å². The Kier molecular flexibility index (Phi) is 4.32. The minimum absolute atomic E-state index is 0.0363. The van der Waals surface area contributed by atoms with Gasteiger partial charge in [-0.2, -0.15) is 0 Å². The maximum absolute atomic E-state index is 12.5. The topological polar surface area (TPSA) is 44.7 Å². The van der Waals surface area contributed by atoms with Crippen molar-refractivity contribution in [1.29, 1.82) is 0 Å². The fourth-order valence-electron chi connectivity index (χ4n) is 2.83. The summed E-state index contributed by atoms with van der Waals surface area (Å²) in [7, 11) is 0. The van der Waals surface area contributed by atoms with E-state index < -0.39 is 0 Å². The molecule has 1 heterocycles. The minimum atomic E-state index is -0.206. The largest absolute Gasteiger partial charge is 0.325 e. The summed E-state index contributed by atoms with van der Waals surface area (Å²) in [4.78, 5) is 19.3. The Balaban J connectivity index is 2.32. The molecular formula is C18H27N3O. The number of nitrogens with one attached hydrogen (secondary N) is 1. The average Bonchev–Trinajstić information content (AvgIpc) is 2.74. The number of rotatable bonds is 2. The molecule has 0 aromatic heterocycles.